The van der Waals surface area contributed by atoms with Gasteiger partial charge >= 0.3 is 0 Å². The molecule has 0 aromatic rings. The molecule has 0 saturated carbocycles. The van der Waals surface area contributed by atoms with Gasteiger partial charge < -0.3 is 5.40 Å². The highest BCUT2D eigenvalue weighted by molar-refractivity contribution is 6.82. The third kappa shape index (κ3) is 1.47. The number of hydrogen-bond acceptors (Lipinski definition) is 1. The molecule has 0 heterocycles. The first kappa shape index (κ1) is 8.72. The molecule has 0 saturated heterocycles. The minimum absolute atomic E-state index is 0.496. The average molecular weight is 189 g/mol. The molecule has 2 aliphatic carbocycles. The summed E-state index contributed by atoms with van der Waals surface area (Å²) < 4.78 is 0. The van der Waals surface area contributed by atoms with Gasteiger partial charge in [-0.1, -0.05) is 49.6 Å². The Morgan fingerprint density at radius 1 is 1.15 bits per heavy atom. The standard InChI is InChI=1S/C11H15NSi/c1-13(2,12)11-8-7-9-5-3-4-6-10(9)11/h3-9H,12H2,1-2H3. The van der Waals surface area contributed by atoms with E-state index in [1.54, 1.807) is 0 Å². The van der Waals surface area contributed by atoms with Crippen LogP contribution in [0.5, 0.6) is 0 Å². The zero-order chi connectivity index (χ0) is 9.47. The normalized spacial score (nSPS) is 25.6. The molecule has 0 aromatic carbocycles. The lowest BCUT2D eigenvalue weighted by Gasteiger charge is -2.20. The summed E-state index contributed by atoms with van der Waals surface area (Å²) in [6, 6.07) is 0. The third-order valence-corrected chi connectivity index (χ3v) is 4.38. The number of fused-ring (bicyclic) bond motifs is 1. The van der Waals surface area contributed by atoms with Crippen molar-refractivity contribution in [2.24, 2.45) is 11.3 Å². The summed E-state index contributed by atoms with van der Waals surface area (Å²) in [5.74, 6) is 0.496. The Balaban J connectivity index is 2.45. The minimum Gasteiger partial charge on any atom is -0.347 e. The molecule has 0 aliphatic heterocycles. The fourth-order valence-electron chi connectivity index (χ4n) is 1.88. The van der Waals surface area contributed by atoms with E-state index in [1.807, 2.05) is 0 Å². The third-order valence-electron chi connectivity index (χ3n) is 2.54. The van der Waals surface area contributed by atoms with Gasteiger partial charge in [-0.25, -0.2) is 0 Å². The van der Waals surface area contributed by atoms with E-state index in [4.69, 9.17) is 5.40 Å². The van der Waals surface area contributed by atoms with Gasteiger partial charge in [-0.15, -0.1) is 0 Å². The molecule has 1 atom stereocenters. The summed E-state index contributed by atoms with van der Waals surface area (Å²) in [5.41, 5.74) is 1.42. The average Bonchev–Trinajstić information content (AvgIpc) is 2.45. The van der Waals surface area contributed by atoms with Gasteiger partial charge in [0, 0.05) is 5.92 Å². The van der Waals surface area contributed by atoms with Gasteiger partial charge in [-0.05, 0) is 10.8 Å². The summed E-state index contributed by atoms with van der Waals surface area (Å²) in [4.78, 5) is 0. The molecule has 0 spiro atoms. The topological polar surface area (TPSA) is 26.0 Å². The van der Waals surface area contributed by atoms with Crippen LogP contribution in [0.4, 0.5) is 0 Å². The van der Waals surface area contributed by atoms with Crippen LogP contribution < -0.4 is 5.40 Å². The zero-order valence-electron chi connectivity index (χ0n) is 8.12. The highest BCUT2D eigenvalue weighted by atomic mass is 28.3. The van der Waals surface area contributed by atoms with Crippen LogP contribution in [0.3, 0.4) is 0 Å². The summed E-state index contributed by atoms with van der Waals surface area (Å²) in [6.45, 7) is 4.38. The lowest BCUT2D eigenvalue weighted by atomic mass is 9.98. The second-order valence-electron chi connectivity index (χ2n) is 4.22. The Bertz CT molecular complexity index is 340. The second kappa shape index (κ2) is 2.82. The lowest BCUT2D eigenvalue weighted by Crippen LogP contribution is -2.40. The molecule has 1 unspecified atom stereocenters. The molecule has 0 bridgehead atoms. The Hall–Kier alpha value is -0.863. The van der Waals surface area contributed by atoms with Crippen LogP contribution in [0, 0.1) is 5.92 Å². The number of rotatable bonds is 1. The molecule has 68 valence electrons. The van der Waals surface area contributed by atoms with Gasteiger partial charge in [0.15, 0.2) is 0 Å². The maximum absolute atomic E-state index is 6.22. The first-order valence-electron chi connectivity index (χ1n) is 4.65. The minimum atomic E-state index is -1.62. The van der Waals surface area contributed by atoms with E-state index in [1.165, 1.54) is 10.8 Å². The van der Waals surface area contributed by atoms with E-state index < -0.39 is 8.24 Å². The molecule has 2 N–H and O–H groups in total. The summed E-state index contributed by atoms with van der Waals surface area (Å²) >= 11 is 0. The quantitative estimate of drug-likeness (QED) is 0.629. The molecule has 0 aromatic heterocycles. The molecule has 0 amide bonds. The van der Waals surface area contributed by atoms with Crippen molar-refractivity contribution in [3.8, 4) is 0 Å². The number of nitrogens with two attached hydrogens (primary N) is 1. The van der Waals surface area contributed by atoms with Gasteiger partial charge in [0.2, 0.25) is 0 Å². The van der Waals surface area contributed by atoms with Gasteiger partial charge in [0.05, 0.1) is 0 Å². The van der Waals surface area contributed by atoms with Crippen molar-refractivity contribution < 1.29 is 0 Å². The zero-order valence-corrected chi connectivity index (χ0v) is 9.12. The Labute approximate surface area is 80.4 Å². The largest absolute Gasteiger partial charge is 0.347 e. The van der Waals surface area contributed by atoms with Crippen LogP contribution in [-0.2, 0) is 0 Å². The van der Waals surface area contributed by atoms with Crippen LogP contribution in [-0.4, -0.2) is 8.24 Å². The maximum Gasteiger partial charge on any atom is 0.149 e. The fourth-order valence-corrected chi connectivity index (χ4v) is 3.40. The van der Waals surface area contributed by atoms with Gasteiger partial charge in [-0.2, -0.15) is 0 Å². The molecule has 13 heavy (non-hydrogen) atoms. The lowest BCUT2D eigenvalue weighted by molar-refractivity contribution is 1.02. The number of allylic oxidation sites excluding steroid dienone is 8. The van der Waals surface area contributed by atoms with Crippen LogP contribution in [0.1, 0.15) is 0 Å². The highest BCUT2D eigenvalue weighted by Crippen LogP contribution is 2.33. The van der Waals surface area contributed by atoms with Crippen LogP contribution in [0.25, 0.3) is 0 Å². The smallest absolute Gasteiger partial charge is 0.149 e. The van der Waals surface area contributed by atoms with Crippen molar-refractivity contribution in [3.05, 3.63) is 47.2 Å². The summed E-state index contributed by atoms with van der Waals surface area (Å²) in [5, 5.41) is 7.62. The van der Waals surface area contributed by atoms with Crippen molar-refractivity contribution in [1.29, 1.82) is 0 Å². The van der Waals surface area contributed by atoms with Crippen molar-refractivity contribution in [2.75, 3.05) is 0 Å². The van der Waals surface area contributed by atoms with Gasteiger partial charge in [0.1, 0.15) is 8.24 Å². The Morgan fingerprint density at radius 2 is 1.92 bits per heavy atom. The fraction of sp³-hybridized carbons (Fsp3) is 0.273. The van der Waals surface area contributed by atoms with Gasteiger partial charge in [-0.3, -0.25) is 0 Å². The van der Waals surface area contributed by atoms with Crippen LogP contribution >= 0.6 is 0 Å². The molecule has 0 fully saturated rings. The molecule has 1 nitrogen and oxygen atoms in total. The first-order chi connectivity index (χ1) is 6.09. The van der Waals surface area contributed by atoms with E-state index in [0.29, 0.717) is 5.92 Å². The Kier molecular flexibility index (Phi) is 1.89. The molecule has 0 radical (unpaired) electrons. The molecule has 2 aliphatic rings. The maximum atomic E-state index is 6.22. The number of hydrogen-bond donors (Lipinski definition) is 1. The first-order valence-corrected chi connectivity index (χ1v) is 7.73. The SMILES string of the molecule is C[Si](C)(N)C1=C2C=CC=CC2C=C1. The van der Waals surface area contributed by atoms with Crippen molar-refractivity contribution >= 4 is 8.24 Å². The summed E-state index contributed by atoms with van der Waals surface area (Å²) in [6.07, 6.45) is 13.1. The van der Waals surface area contributed by atoms with Crippen molar-refractivity contribution in [3.63, 3.8) is 0 Å². The van der Waals surface area contributed by atoms with Crippen LogP contribution in [0.2, 0.25) is 13.1 Å². The molecule has 2 heteroatoms. The van der Waals surface area contributed by atoms with Crippen LogP contribution in [0.15, 0.2) is 47.2 Å². The predicted molar refractivity (Wildman–Crippen MR) is 59.6 cm³/mol. The molecule has 2 rings (SSSR count). The van der Waals surface area contributed by atoms with E-state index >= 15 is 0 Å². The van der Waals surface area contributed by atoms with Crippen molar-refractivity contribution in [2.45, 2.75) is 13.1 Å². The molecular formula is C11H15NSi. The monoisotopic (exact) mass is 189 g/mol. The van der Waals surface area contributed by atoms with E-state index in [0.717, 1.165) is 0 Å². The molecular weight excluding hydrogens is 174 g/mol. The second-order valence-corrected chi connectivity index (χ2v) is 8.20. The highest BCUT2D eigenvalue weighted by Gasteiger charge is 2.27. The Morgan fingerprint density at radius 3 is 2.62 bits per heavy atom. The van der Waals surface area contributed by atoms with E-state index in [9.17, 15) is 0 Å². The predicted octanol–water partition coefficient (Wildman–Crippen LogP) is 2.30. The summed E-state index contributed by atoms with van der Waals surface area (Å²) in [7, 11) is -1.62. The van der Waals surface area contributed by atoms with E-state index in [-0.39, 0.29) is 0 Å². The van der Waals surface area contributed by atoms with Crippen molar-refractivity contribution in [1.82, 2.24) is 0 Å². The van der Waals surface area contributed by atoms with Gasteiger partial charge in [0.25, 0.3) is 0 Å². The van der Waals surface area contributed by atoms with E-state index in [2.05, 4.69) is 49.6 Å².